The number of benzene rings is 2. The quantitative estimate of drug-likeness (QED) is 0.440. The molecular weight excluding hydrogens is 452 g/mol. The van der Waals surface area contributed by atoms with E-state index in [1.807, 2.05) is 0 Å². The van der Waals surface area contributed by atoms with Gasteiger partial charge in [-0.1, -0.05) is 30.0 Å². The van der Waals surface area contributed by atoms with Gasteiger partial charge in [-0.25, -0.2) is 4.79 Å². The summed E-state index contributed by atoms with van der Waals surface area (Å²) in [4.78, 5) is 36.8. The minimum absolute atomic E-state index is 0.183. The molecule has 8 nitrogen and oxygen atoms in total. The third-order valence-electron chi connectivity index (χ3n) is 4.16. The molecule has 166 valence electrons. The molecule has 1 aliphatic heterocycles. The van der Waals surface area contributed by atoms with Crippen LogP contribution in [0.2, 0.25) is 0 Å². The van der Waals surface area contributed by atoms with Gasteiger partial charge >= 0.3 is 5.97 Å². The third kappa shape index (κ3) is 5.65. The van der Waals surface area contributed by atoms with Crippen molar-refractivity contribution in [1.29, 1.82) is 0 Å². The van der Waals surface area contributed by atoms with E-state index < -0.39 is 12.6 Å². The zero-order chi connectivity index (χ0) is 23.3. The molecule has 2 aromatic carbocycles. The number of anilines is 2. The number of carbonyl (C=O) groups excluding carboxylic acids is 2. The average Bonchev–Trinajstić information content (AvgIpc) is 3.01. The molecule has 2 amide bonds. The first-order chi connectivity index (χ1) is 15.3. The van der Waals surface area contributed by atoms with Crippen LogP contribution < -0.4 is 19.7 Å². The maximum atomic E-state index is 13.0. The van der Waals surface area contributed by atoms with Crippen molar-refractivity contribution in [1.82, 2.24) is 0 Å². The van der Waals surface area contributed by atoms with Crippen molar-refractivity contribution in [2.75, 3.05) is 23.4 Å². The highest BCUT2D eigenvalue weighted by molar-refractivity contribution is 8.27. The standard InChI is InChI=1S/C22H20N2O6S2/c1-3-29-18-10-14(4-9-17(18)30-12-20(26)27)11-19-21(28)24(22(31)32-19)16-7-5-15(6-8-16)23-13(2)25/h4-11H,3,12H2,1-2H3,(H,23,25)(H,26,27)/b19-11+. The molecule has 1 fully saturated rings. The monoisotopic (exact) mass is 472 g/mol. The number of thioether (sulfide) groups is 1. The molecule has 10 heteroatoms. The maximum absolute atomic E-state index is 13.0. The lowest BCUT2D eigenvalue weighted by molar-refractivity contribution is -0.139. The van der Waals surface area contributed by atoms with E-state index in [0.717, 1.165) is 0 Å². The number of carboxylic acids is 1. The first-order valence-electron chi connectivity index (χ1n) is 9.55. The van der Waals surface area contributed by atoms with Crippen molar-refractivity contribution < 1.29 is 29.0 Å². The Bertz CT molecular complexity index is 1100. The number of amides is 2. The first-order valence-corrected chi connectivity index (χ1v) is 10.8. The van der Waals surface area contributed by atoms with Crippen LogP contribution in [0.25, 0.3) is 6.08 Å². The summed E-state index contributed by atoms with van der Waals surface area (Å²) in [5, 5.41) is 11.5. The van der Waals surface area contributed by atoms with E-state index in [1.165, 1.54) is 23.6 Å². The molecule has 0 bridgehead atoms. The minimum Gasteiger partial charge on any atom is -0.490 e. The number of ether oxygens (including phenoxy) is 2. The van der Waals surface area contributed by atoms with Gasteiger partial charge < -0.3 is 19.9 Å². The van der Waals surface area contributed by atoms with Crippen LogP contribution in [0.4, 0.5) is 11.4 Å². The number of nitrogens with zero attached hydrogens (tertiary/aromatic N) is 1. The van der Waals surface area contributed by atoms with E-state index in [1.54, 1.807) is 55.5 Å². The van der Waals surface area contributed by atoms with E-state index in [4.69, 9.17) is 26.8 Å². The van der Waals surface area contributed by atoms with Crippen LogP contribution in [-0.2, 0) is 14.4 Å². The molecule has 0 aliphatic carbocycles. The molecule has 2 N–H and O–H groups in total. The topological polar surface area (TPSA) is 105 Å². The van der Waals surface area contributed by atoms with Crippen molar-refractivity contribution >= 4 is 63.5 Å². The van der Waals surface area contributed by atoms with Gasteiger partial charge in [0.25, 0.3) is 5.91 Å². The molecule has 0 atom stereocenters. The second-order valence-electron chi connectivity index (χ2n) is 6.57. The highest BCUT2D eigenvalue weighted by Gasteiger charge is 2.33. The summed E-state index contributed by atoms with van der Waals surface area (Å²) in [6.07, 6.45) is 1.69. The van der Waals surface area contributed by atoms with Crippen molar-refractivity contribution in [2.45, 2.75) is 13.8 Å². The summed E-state index contributed by atoms with van der Waals surface area (Å²) >= 11 is 6.57. The molecule has 1 aliphatic rings. The number of hydrogen-bond acceptors (Lipinski definition) is 7. The van der Waals surface area contributed by atoms with Crippen molar-refractivity contribution in [2.24, 2.45) is 0 Å². The maximum Gasteiger partial charge on any atom is 0.341 e. The van der Waals surface area contributed by atoms with E-state index in [0.29, 0.717) is 44.3 Å². The predicted octanol–water partition coefficient (Wildman–Crippen LogP) is 3.91. The molecule has 3 rings (SSSR count). The molecule has 0 spiro atoms. The fraction of sp³-hybridized carbons (Fsp3) is 0.182. The molecule has 0 saturated carbocycles. The highest BCUT2D eigenvalue weighted by Crippen LogP contribution is 2.37. The summed E-state index contributed by atoms with van der Waals surface area (Å²) in [7, 11) is 0. The Hall–Kier alpha value is -3.37. The zero-order valence-corrected chi connectivity index (χ0v) is 18.9. The van der Waals surface area contributed by atoms with Crippen LogP contribution in [0.15, 0.2) is 47.4 Å². The molecular formula is C22H20N2O6S2. The van der Waals surface area contributed by atoms with Crippen LogP contribution in [0, 0.1) is 0 Å². The second-order valence-corrected chi connectivity index (χ2v) is 8.24. The number of aliphatic carboxylic acids is 1. The average molecular weight is 473 g/mol. The van der Waals surface area contributed by atoms with E-state index >= 15 is 0 Å². The summed E-state index contributed by atoms with van der Waals surface area (Å²) in [5.74, 6) is -0.858. The van der Waals surface area contributed by atoms with Gasteiger partial charge in [-0.15, -0.1) is 0 Å². The molecule has 0 aromatic heterocycles. The Morgan fingerprint density at radius 1 is 1.16 bits per heavy atom. The van der Waals surface area contributed by atoms with Gasteiger partial charge in [0.05, 0.1) is 17.2 Å². The Morgan fingerprint density at radius 2 is 1.88 bits per heavy atom. The zero-order valence-electron chi connectivity index (χ0n) is 17.3. The van der Waals surface area contributed by atoms with Crippen LogP contribution in [0.5, 0.6) is 11.5 Å². The predicted molar refractivity (Wildman–Crippen MR) is 127 cm³/mol. The Labute approximate surface area is 194 Å². The van der Waals surface area contributed by atoms with Gasteiger partial charge in [-0.05, 0) is 55.0 Å². The van der Waals surface area contributed by atoms with Gasteiger partial charge in [-0.3, -0.25) is 14.5 Å². The van der Waals surface area contributed by atoms with Crippen LogP contribution in [0.3, 0.4) is 0 Å². The summed E-state index contributed by atoms with van der Waals surface area (Å²) < 4.78 is 11.2. The number of rotatable bonds is 8. The van der Waals surface area contributed by atoms with Crippen molar-refractivity contribution in [3.63, 3.8) is 0 Å². The number of carboxylic acid groups (broad SMARTS) is 1. The molecule has 2 aromatic rings. The Balaban J connectivity index is 1.82. The lowest BCUT2D eigenvalue weighted by Crippen LogP contribution is -2.27. The molecule has 0 unspecified atom stereocenters. The van der Waals surface area contributed by atoms with Gasteiger partial charge in [0, 0.05) is 12.6 Å². The third-order valence-corrected chi connectivity index (χ3v) is 5.46. The molecule has 0 radical (unpaired) electrons. The second kappa shape index (κ2) is 10.3. The number of nitrogens with one attached hydrogen (secondary N) is 1. The van der Waals surface area contributed by atoms with Gasteiger partial charge in [0.15, 0.2) is 22.4 Å². The summed E-state index contributed by atoms with van der Waals surface area (Å²) in [6, 6.07) is 11.8. The van der Waals surface area contributed by atoms with Crippen molar-refractivity contribution in [3.05, 3.63) is 52.9 Å². The van der Waals surface area contributed by atoms with E-state index in [2.05, 4.69) is 5.32 Å². The Morgan fingerprint density at radius 3 is 2.50 bits per heavy atom. The number of hydrogen-bond donors (Lipinski definition) is 2. The van der Waals surface area contributed by atoms with E-state index in [-0.39, 0.29) is 11.8 Å². The summed E-state index contributed by atoms with van der Waals surface area (Å²) in [6.45, 7) is 3.10. The SMILES string of the molecule is CCOc1cc(/C=C2/SC(=S)N(c3ccc(NC(C)=O)cc3)C2=O)ccc1OCC(=O)O. The van der Waals surface area contributed by atoms with Gasteiger partial charge in [-0.2, -0.15) is 0 Å². The fourth-order valence-electron chi connectivity index (χ4n) is 2.88. The largest absolute Gasteiger partial charge is 0.490 e. The highest BCUT2D eigenvalue weighted by atomic mass is 32.2. The summed E-state index contributed by atoms with van der Waals surface area (Å²) in [5.41, 5.74) is 1.89. The Kier molecular flexibility index (Phi) is 7.49. The van der Waals surface area contributed by atoms with Crippen LogP contribution >= 0.6 is 24.0 Å². The van der Waals surface area contributed by atoms with Gasteiger partial charge in [0.1, 0.15) is 0 Å². The number of thiocarbonyl (C=S) groups is 1. The van der Waals surface area contributed by atoms with Crippen molar-refractivity contribution in [3.8, 4) is 11.5 Å². The number of carbonyl (C=O) groups is 3. The van der Waals surface area contributed by atoms with E-state index in [9.17, 15) is 14.4 Å². The molecule has 1 heterocycles. The van der Waals surface area contributed by atoms with Crippen LogP contribution in [0.1, 0.15) is 19.4 Å². The van der Waals surface area contributed by atoms with Gasteiger partial charge in [0.2, 0.25) is 5.91 Å². The fourth-order valence-corrected chi connectivity index (χ4v) is 4.18. The van der Waals surface area contributed by atoms with Crippen LogP contribution in [-0.4, -0.2) is 40.4 Å². The lowest BCUT2D eigenvalue weighted by Gasteiger charge is -2.15. The molecule has 1 saturated heterocycles. The normalized spacial score (nSPS) is 14.6. The minimum atomic E-state index is -1.09. The smallest absolute Gasteiger partial charge is 0.341 e. The first kappa shape index (κ1) is 23.3. The lowest BCUT2D eigenvalue weighted by atomic mass is 10.1. The molecule has 32 heavy (non-hydrogen) atoms.